The van der Waals surface area contributed by atoms with E-state index in [9.17, 15) is 22.8 Å². The smallest absolute Gasteiger partial charge is 0.417 e. The maximum atomic E-state index is 12.9. The average Bonchev–Trinajstić information content (AvgIpc) is 3.06. The molecule has 1 aliphatic rings. The molecule has 0 saturated carbocycles. The second-order valence-corrected chi connectivity index (χ2v) is 5.02. The zero-order valence-electron chi connectivity index (χ0n) is 12.5. The van der Waals surface area contributed by atoms with Crippen molar-refractivity contribution in [3.05, 3.63) is 59.2 Å². The van der Waals surface area contributed by atoms with E-state index in [1.54, 1.807) is 0 Å². The Bertz CT molecular complexity index is 836. The molecular weight excluding hydrogens is 341 g/mol. The molecule has 0 saturated heterocycles. The van der Waals surface area contributed by atoms with Gasteiger partial charge in [0.2, 0.25) is 6.79 Å². The van der Waals surface area contributed by atoms with Gasteiger partial charge in [0.15, 0.2) is 11.5 Å². The van der Waals surface area contributed by atoms with Gasteiger partial charge in [0, 0.05) is 5.56 Å². The summed E-state index contributed by atoms with van der Waals surface area (Å²) in [5.41, 5.74) is 2.49. The lowest BCUT2D eigenvalue weighted by atomic mass is 10.1. The zero-order valence-corrected chi connectivity index (χ0v) is 12.5. The van der Waals surface area contributed by atoms with Crippen LogP contribution in [0.15, 0.2) is 42.5 Å². The average molecular weight is 352 g/mol. The van der Waals surface area contributed by atoms with Crippen LogP contribution in [-0.2, 0) is 6.18 Å². The molecule has 2 aromatic rings. The lowest BCUT2D eigenvalue weighted by Crippen LogP contribution is -2.42. The molecular formula is C16H11F3N2O4. The van der Waals surface area contributed by atoms with Gasteiger partial charge < -0.3 is 9.47 Å². The first-order valence-electron chi connectivity index (χ1n) is 7.03. The molecule has 0 aromatic heterocycles. The van der Waals surface area contributed by atoms with Gasteiger partial charge in [0.05, 0.1) is 11.1 Å². The highest BCUT2D eigenvalue weighted by atomic mass is 19.4. The summed E-state index contributed by atoms with van der Waals surface area (Å²) < 4.78 is 48.9. The van der Waals surface area contributed by atoms with Gasteiger partial charge in [-0.2, -0.15) is 13.2 Å². The maximum absolute atomic E-state index is 12.9. The van der Waals surface area contributed by atoms with Crippen LogP contribution in [-0.4, -0.2) is 18.6 Å². The van der Waals surface area contributed by atoms with Gasteiger partial charge in [0.25, 0.3) is 11.8 Å². The number of hydrogen-bond donors (Lipinski definition) is 2. The minimum Gasteiger partial charge on any atom is -0.454 e. The first-order chi connectivity index (χ1) is 11.9. The van der Waals surface area contributed by atoms with Crippen LogP contribution in [0.3, 0.4) is 0 Å². The SMILES string of the molecule is O=C(NNC(=O)c1ccccc1C(F)(F)F)c1ccc2c(c1)OCO2. The van der Waals surface area contributed by atoms with Crippen LogP contribution in [0.1, 0.15) is 26.3 Å². The van der Waals surface area contributed by atoms with Gasteiger partial charge in [-0.3, -0.25) is 20.4 Å². The molecule has 25 heavy (non-hydrogen) atoms. The van der Waals surface area contributed by atoms with E-state index >= 15 is 0 Å². The Hall–Kier alpha value is -3.23. The van der Waals surface area contributed by atoms with E-state index in [1.807, 2.05) is 5.43 Å². The Morgan fingerprint density at radius 3 is 2.36 bits per heavy atom. The lowest BCUT2D eigenvalue weighted by Gasteiger charge is -2.13. The second-order valence-electron chi connectivity index (χ2n) is 5.02. The van der Waals surface area contributed by atoms with Gasteiger partial charge in [-0.1, -0.05) is 12.1 Å². The number of alkyl halides is 3. The molecule has 2 aromatic carbocycles. The van der Waals surface area contributed by atoms with E-state index in [-0.39, 0.29) is 12.4 Å². The van der Waals surface area contributed by atoms with Crippen molar-refractivity contribution in [3.63, 3.8) is 0 Å². The van der Waals surface area contributed by atoms with Gasteiger partial charge in [-0.05, 0) is 30.3 Å². The molecule has 2 N–H and O–H groups in total. The minimum atomic E-state index is -4.69. The largest absolute Gasteiger partial charge is 0.454 e. The lowest BCUT2D eigenvalue weighted by molar-refractivity contribution is -0.137. The molecule has 0 spiro atoms. The molecule has 130 valence electrons. The summed E-state index contributed by atoms with van der Waals surface area (Å²) in [6, 6.07) is 8.61. The summed E-state index contributed by atoms with van der Waals surface area (Å²) in [6.07, 6.45) is -4.69. The molecule has 1 aliphatic heterocycles. The molecule has 0 unspecified atom stereocenters. The molecule has 1 heterocycles. The third kappa shape index (κ3) is 3.49. The van der Waals surface area contributed by atoms with Crippen LogP contribution in [0, 0.1) is 0 Å². The molecule has 0 fully saturated rings. The number of hydrogen-bond acceptors (Lipinski definition) is 4. The Kier molecular flexibility index (Phi) is 4.22. The fourth-order valence-electron chi connectivity index (χ4n) is 2.22. The van der Waals surface area contributed by atoms with Crippen molar-refractivity contribution in [2.45, 2.75) is 6.18 Å². The van der Waals surface area contributed by atoms with Crippen LogP contribution in [0.2, 0.25) is 0 Å². The summed E-state index contributed by atoms with van der Waals surface area (Å²) in [6.45, 7) is 0.0331. The molecule has 0 aliphatic carbocycles. The number of hydrazine groups is 1. The van der Waals surface area contributed by atoms with Gasteiger partial charge in [0.1, 0.15) is 0 Å². The third-order valence-corrected chi connectivity index (χ3v) is 3.40. The van der Waals surface area contributed by atoms with Crippen molar-refractivity contribution < 1.29 is 32.2 Å². The summed E-state index contributed by atoms with van der Waals surface area (Å²) in [7, 11) is 0. The highest BCUT2D eigenvalue weighted by Crippen LogP contribution is 2.33. The monoisotopic (exact) mass is 352 g/mol. The Morgan fingerprint density at radius 2 is 1.60 bits per heavy atom. The van der Waals surface area contributed by atoms with E-state index in [0.717, 1.165) is 12.1 Å². The van der Waals surface area contributed by atoms with Crippen molar-refractivity contribution in [2.24, 2.45) is 0 Å². The molecule has 0 atom stereocenters. The fourth-order valence-corrected chi connectivity index (χ4v) is 2.22. The first kappa shape index (κ1) is 16.6. The number of fused-ring (bicyclic) bond motifs is 1. The zero-order chi connectivity index (χ0) is 18.0. The topological polar surface area (TPSA) is 76.7 Å². The Labute approximate surface area is 139 Å². The number of ether oxygens (including phenoxy) is 2. The Morgan fingerprint density at radius 1 is 0.920 bits per heavy atom. The van der Waals surface area contributed by atoms with Crippen LogP contribution < -0.4 is 20.3 Å². The highest BCUT2D eigenvalue weighted by molar-refractivity contribution is 6.00. The van der Waals surface area contributed by atoms with Crippen molar-refractivity contribution in [1.82, 2.24) is 10.9 Å². The van der Waals surface area contributed by atoms with Crippen molar-refractivity contribution in [1.29, 1.82) is 0 Å². The number of amides is 2. The van der Waals surface area contributed by atoms with E-state index in [2.05, 4.69) is 5.43 Å². The predicted octanol–water partition coefficient (Wildman–Crippen LogP) is 2.51. The van der Waals surface area contributed by atoms with E-state index in [4.69, 9.17) is 9.47 Å². The van der Waals surface area contributed by atoms with Crippen molar-refractivity contribution >= 4 is 11.8 Å². The number of carbonyl (C=O) groups is 2. The van der Waals surface area contributed by atoms with E-state index < -0.39 is 29.1 Å². The molecule has 3 rings (SSSR count). The first-order valence-corrected chi connectivity index (χ1v) is 7.03. The molecule has 0 bridgehead atoms. The van der Waals surface area contributed by atoms with Crippen LogP contribution >= 0.6 is 0 Å². The molecule has 0 radical (unpaired) electrons. The Balaban J connectivity index is 1.70. The number of carbonyl (C=O) groups excluding carboxylic acids is 2. The van der Waals surface area contributed by atoms with E-state index in [0.29, 0.717) is 11.5 Å². The standard InChI is InChI=1S/C16H11F3N2O4/c17-16(18,19)11-4-2-1-3-10(11)15(23)21-20-14(22)9-5-6-12-13(7-9)25-8-24-12/h1-7H,8H2,(H,20,22)(H,21,23). The quantitative estimate of drug-likeness (QED) is 0.815. The highest BCUT2D eigenvalue weighted by Gasteiger charge is 2.34. The van der Waals surface area contributed by atoms with Gasteiger partial charge >= 0.3 is 6.18 Å². The maximum Gasteiger partial charge on any atom is 0.417 e. The van der Waals surface area contributed by atoms with Gasteiger partial charge in [-0.15, -0.1) is 0 Å². The predicted molar refractivity (Wildman–Crippen MR) is 78.9 cm³/mol. The van der Waals surface area contributed by atoms with Crippen molar-refractivity contribution in [3.8, 4) is 11.5 Å². The number of nitrogens with one attached hydrogen (secondary N) is 2. The van der Waals surface area contributed by atoms with Gasteiger partial charge in [-0.25, -0.2) is 0 Å². The summed E-state index contributed by atoms with van der Waals surface area (Å²) in [4.78, 5) is 24.0. The van der Waals surface area contributed by atoms with Crippen LogP contribution in [0.4, 0.5) is 13.2 Å². The molecule has 2 amide bonds. The summed E-state index contributed by atoms with van der Waals surface area (Å²) in [5.74, 6) is -0.959. The summed E-state index contributed by atoms with van der Waals surface area (Å²) in [5, 5.41) is 0. The van der Waals surface area contributed by atoms with Crippen molar-refractivity contribution in [2.75, 3.05) is 6.79 Å². The number of rotatable bonds is 2. The number of benzene rings is 2. The van der Waals surface area contributed by atoms with Crippen LogP contribution in [0.5, 0.6) is 11.5 Å². The van der Waals surface area contributed by atoms with Crippen LogP contribution in [0.25, 0.3) is 0 Å². The van der Waals surface area contributed by atoms with E-state index in [1.165, 1.54) is 30.3 Å². The number of halogens is 3. The third-order valence-electron chi connectivity index (χ3n) is 3.40. The second kappa shape index (κ2) is 6.34. The fraction of sp³-hybridized carbons (Fsp3) is 0.125. The minimum absolute atomic E-state index is 0.0331. The molecule has 9 heteroatoms. The normalized spacial score (nSPS) is 12.6. The molecule has 6 nitrogen and oxygen atoms in total. The summed E-state index contributed by atoms with van der Waals surface area (Å²) >= 11 is 0.